The molecule has 1 aromatic heterocycles. The molecule has 0 aromatic carbocycles. The number of hydrogen-bond donors (Lipinski definition) is 2. The fraction of sp³-hybridized carbons (Fsp3) is 0.786. The van der Waals surface area contributed by atoms with Crippen molar-refractivity contribution in [3.8, 4) is 0 Å². The van der Waals surface area contributed by atoms with Gasteiger partial charge in [0.05, 0.1) is 16.4 Å². The number of nitrogens with zero attached hydrogens (tertiary/aromatic N) is 2. The van der Waals surface area contributed by atoms with Gasteiger partial charge in [-0.15, -0.1) is 0 Å². The summed E-state index contributed by atoms with van der Waals surface area (Å²) in [5.41, 5.74) is 4.51. The molecule has 1 fully saturated rings. The second kappa shape index (κ2) is 6.58. The van der Waals surface area contributed by atoms with Crippen LogP contribution in [0.15, 0.2) is 0 Å². The highest BCUT2D eigenvalue weighted by Crippen LogP contribution is 2.38. The van der Waals surface area contributed by atoms with Gasteiger partial charge in [-0.3, -0.25) is 16.0 Å². The van der Waals surface area contributed by atoms with E-state index >= 15 is 0 Å². The maximum absolute atomic E-state index is 13.3. The molecule has 0 aliphatic heterocycles. The van der Waals surface area contributed by atoms with Crippen LogP contribution in [0.5, 0.6) is 0 Å². The summed E-state index contributed by atoms with van der Waals surface area (Å²) >= 11 is 6.31. The Morgan fingerprint density at radius 1 is 1.48 bits per heavy atom. The van der Waals surface area contributed by atoms with E-state index in [1.807, 2.05) is 18.5 Å². The number of rotatable bonds is 5. The minimum absolute atomic E-state index is 0.0556. The monoisotopic (exact) mass is 320 g/mol. The van der Waals surface area contributed by atoms with E-state index in [0.717, 1.165) is 17.9 Å². The molecule has 1 aliphatic rings. The number of hydrazine groups is 1. The second-order valence-corrected chi connectivity index (χ2v) is 6.21. The Morgan fingerprint density at radius 3 is 2.62 bits per heavy atom. The summed E-state index contributed by atoms with van der Waals surface area (Å²) in [5, 5.41) is 5.03. The lowest BCUT2D eigenvalue weighted by atomic mass is 9.81. The van der Waals surface area contributed by atoms with Gasteiger partial charge in [0.2, 0.25) is 5.92 Å². The molecule has 120 valence electrons. The Kier molecular flexibility index (Phi) is 5.22. The van der Waals surface area contributed by atoms with Gasteiger partial charge in [0.1, 0.15) is 0 Å². The van der Waals surface area contributed by atoms with E-state index in [1.54, 1.807) is 0 Å². The topological polar surface area (TPSA) is 55.9 Å². The van der Waals surface area contributed by atoms with Crippen LogP contribution in [0.1, 0.15) is 44.0 Å². The first-order chi connectivity index (χ1) is 9.88. The minimum Gasteiger partial charge on any atom is -0.271 e. The van der Waals surface area contributed by atoms with Crippen molar-refractivity contribution in [1.29, 1.82) is 0 Å². The quantitative estimate of drug-likeness (QED) is 0.647. The summed E-state index contributed by atoms with van der Waals surface area (Å²) in [7, 11) is 0. The van der Waals surface area contributed by atoms with E-state index in [4.69, 9.17) is 17.4 Å². The third kappa shape index (κ3) is 3.73. The standard InChI is InChI=1S/C14H23ClF2N4/c1-3-21-12(13(15)9(2)20-21)8-11(19-18)10-4-6-14(16,17)7-5-10/h10-11,19H,3-8,18H2,1-2H3. The van der Waals surface area contributed by atoms with Crippen molar-refractivity contribution in [3.05, 3.63) is 16.4 Å². The predicted octanol–water partition coefficient (Wildman–Crippen LogP) is 3.06. The van der Waals surface area contributed by atoms with Crippen LogP contribution in [0.25, 0.3) is 0 Å². The molecule has 0 radical (unpaired) electrons. The van der Waals surface area contributed by atoms with Gasteiger partial charge in [-0.05, 0) is 32.6 Å². The lowest BCUT2D eigenvalue weighted by Gasteiger charge is -2.33. The number of nitrogens with one attached hydrogen (secondary N) is 1. The molecule has 0 spiro atoms. The second-order valence-electron chi connectivity index (χ2n) is 5.83. The third-order valence-corrected chi connectivity index (χ3v) is 4.90. The minimum atomic E-state index is -2.52. The Balaban J connectivity index is 2.10. The third-order valence-electron chi connectivity index (χ3n) is 4.41. The highest BCUT2D eigenvalue weighted by molar-refractivity contribution is 6.31. The molecular weight excluding hydrogens is 298 g/mol. The van der Waals surface area contributed by atoms with Crippen molar-refractivity contribution in [2.45, 2.75) is 64.5 Å². The average molecular weight is 321 g/mol. The lowest BCUT2D eigenvalue weighted by Crippen LogP contribution is -2.45. The molecule has 1 unspecified atom stereocenters. The maximum Gasteiger partial charge on any atom is 0.248 e. The molecule has 7 heteroatoms. The summed E-state index contributed by atoms with van der Waals surface area (Å²) in [6.45, 7) is 4.59. The highest BCUT2D eigenvalue weighted by atomic mass is 35.5. The zero-order valence-electron chi connectivity index (χ0n) is 12.5. The SMILES string of the molecule is CCn1nc(C)c(Cl)c1CC(NN)C1CCC(F)(F)CC1. The van der Waals surface area contributed by atoms with Crippen molar-refractivity contribution >= 4 is 11.6 Å². The number of alkyl halides is 2. The summed E-state index contributed by atoms with van der Waals surface area (Å²) in [6, 6.07) is -0.0556. The van der Waals surface area contributed by atoms with Crippen molar-refractivity contribution in [3.63, 3.8) is 0 Å². The lowest BCUT2D eigenvalue weighted by molar-refractivity contribution is -0.0496. The van der Waals surface area contributed by atoms with Gasteiger partial charge in [0.15, 0.2) is 0 Å². The van der Waals surface area contributed by atoms with Crippen molar-refractivity contribution in [2.75, 3.05) is 0 Å². The summed E-state index contributed by atoms with van der Waals surface area (Å²) in [5.74, 6) is 3.28. The van der Waals surface area contributed by atoms with Gasteiger partial charge in [-0.25, -0.2) is 8.78 Å². The van der Waals surface area contributed by atoms with Crippen molar-refractivity contribution < 1.29 is 8.78 Å². The number of aromatic nitrogens is 2. The molecule has 1 saturated carbocycles. The number of nitrogens with two attached hydrogens (primary N) is 1. The maximum atomic E-state index is 13.3. The molecule has 2 rings (SSSR count). The normalized spacial score (nSPS) is 20.7. The van der Waals surface area contributed by atoms with E-state index in [2.05, 4.69) is 10.5 Å². The van der Waals surface area contributed by atoms with E-state index < -0.39 is 5.92 Å². The Morgan fingerprint density at radius 2 is 2.10 bits per heavy atom. The first-order valence-corrected chi connectivity index (χ1v) is 7.81. The van der Waals surface area contributed by atoms with Gasteiger partial charge < -0.3 is 0 Å². The summed E-state index contributed by atoms with van der Waals surface area (Å²) < 4.78 is 28.4. The van der Waals surface area contributed by atoms with Crippen LogP contribution in [0, 0.1) is 12.8 Å². The molecule has 4 nitrogen and oxygen atoms in total. The molecular formula is C14H23ClF2N4. The van der Waals surface area contributed by atoms with Gasteiger partial charge in [0, 0.05) is 31.8 Å². The van der Waals surface area contributed by atoms with Gasteiger partial charge >= 0.3 is 0 Å². The Bertz CT molecular complexity index is 480. The highest BCUT2D eigenvalue weighted by Gasteiger charge is 2.37. The first-order valence-electron chi connectivity index (χ1n) is 7.43. The van der Waals surface area contributed by atoms with E-state index in [9.17, 15) is 8.78 Å². The summed E-state index contributed by atoms with van der Waals surface area (Å²) in [6.07, 6.45) is 1.46. The van der Waals surface area contributed by atoms with E-state index in [1.165, 1.54) is 0 Å². The van der Waals surface area contributed by atoms with Crippen LogP contribution in [0.2, 0.25) is 5.02 Å². The van der Waals surface area contributed by atoms with Crippen molar-refractivity contribution in [2.24, 2.45) is 11.8 Å². The molecule has 1 heterocycles. The smallest absolute Gasteiger partial charge is 0.248 e. The molecule has 21 heavy (non-hydrogen) atoms. The average Bonchev–Trinajstić information content (AvgIpc) is 2.72. The van der Waals surface area contributed by atoms with Crippen LogP contribution in [0.3, 0.4) is 0 Å². The number of aryl methyl sites for hydroxylation is 2. The Labute approximate surface area is 129 Å². The van der Waals surface area contributed by atoms with E-state index in [-0.39, 0.29) is 24.8 Å². The zero-order valence-corrected chi connectivity index (χ0v) is 13.3. The first kappa shape index (κ1) is 16.6. The van der Waals surface area contributed by atoms with Gasteiger partial charge in [0.25, 0.3) is 0 Å². The zero-order chi connectivity index (χ0) is 15.6. The van der Waals surface area contributed by atoms with E-state index in [0.29, 0.717) is 24.3 Å². The van der Waals surface area contributed by atoms with Crippen LogP contribution in [-0.4, -0.2) is 21.7 Å². The van der Waals surface area contributed by atoms with Crippen LogP contribution < -0.4 is 11.3 Å². The van der Waals surface area contributed by atoms with Crippen LogP contribution in [-0.2, 0) is 13.0 Å². The van der Waals surface area contributed by atoms with Crippen molar-refractivity contribution in [1.82, 2.24) is 15.2 Å². The van der Waals surface area contributed by atoms with Crippen LogP contribution in [0.4, 0.5) is 8.78 Å². The Hall–Kier alpha value is -0.720. The summed E-state index contributed by atoms with van der Waals surface area (Å²) in [4.78, 5) is 0. The van der Waals surface area contributed by atoms with Gasteiger partial charge in [-0.1, -0.05) is 11.6 Å². The molecule has 1 aromatic rings. The largest absolute Gasteiger partial charge is 0.271 e. The molecule has 3 N–H and O–H groups in total. The van der Waals surface area contributed by atoms with Crippen LogP contribution >= 0.6 is 11.6 Å². The fourth-order valence-electron chi connectivity index (χ4n) is 3.10. The predicted molar refractivity (Wildman–Crippen MR) is 79.4 cm³/mol. The molecule has 1 aliphatic carbocycles. The molecule has 1 atom stereocenters. The van der Waals surface area contributed by atoms with Gasteiger partial charge in [-0.2, -0.15) is 5.10 Å². The number of hydrogen-bond acceptors (Lipinski definition) is 3. The fourth-order valence-corrected chi connectivity index (χ4v) is 3.31. The molecule has 0 saturated heterocycles. The molecule has 0 amide bonds. The number of halogens is 3. The molecule has 0 bridgehead atoms.